The molecular formula is C19H26Cl2N4O2. The third kappa shape index (κ3) is 6.99. The third-order valence-electron chi connectivity index (χ3n) is 4.25. The van der Waals surface area contributed by atoms with Crippen molar-refractivity contribution in [2.75, 3.05) is 31.2 Å². The summed E-state index contributed by atoms with van der Waals surface area (Å²) in [5.41, 5.74) is 8.00. The number of benzene rings is 1. The predicted molar refractivity (Wildman–Crippen MR) is 112 cm³/mol. The van der Waals surface area contributed by atoms with E-state index in [1.165, 1.54) is 0 Å². The molecular weight excluding hydrogens is 387 g/mol. The number of aromatic nitrogens is 1. The Labute approximate surface area is 172 Å². The summed E-state index contributed by atoms with van der Waals surface area (Å²) in [6.07, 6.45) is 2.33. The van der Waals surface area contributed by atoms with Gasteiger partial charge in [0.15, 0.2) is 0 Å². The second kappa shape index (κ2) is 11.8. The lowest BCUT2D eigenvalue weighted by Crippen LogP contribution is -2.41. The van der Waals surface area contributed by atoms with Gasteiger partial charge in [-0.3, -0.25) is 4.79 Å². The van der Waals surface area contributed by atoms with Gasteiger partial charge in [0.2, 0.25) is 5.91 Å². The zero-order chi connectivity index (χ0) is 17.5. The quantitative estimate of drug-likeness (QED) is 0.757. The summed E-state index contributed by atoms with van der Waals surface area (Å²) in [7, 11) is 0. The molecule has 1 atom stereocenters. The van der Waals surface area contributed by atoms with Gasteiger partial charge in [-0.2, -0.15) is 0 Å². The average Bonchev–Trinajstić information content (AvgIpc) is 2.68. The Morgan fingerprint density at radius 2 is 1.81 bits per heavy atom. The van der Waals surface area contributed by atoms with Gasteiger partial charge in [0.25, 0.3) is 0 Å². The van der Waals surface area contributed by atoms with Crippen molar-refractivity contribution in [1.29, 1.82) is 0 Å². The van der Waals surface area contributed by atoms with Gasteiger partial charge in [-0.05, 0) is 23.6 Å². The van der Waals surface area contributed by atoms with Crippen molar-refractivity contribution < 1.29 is 9.53 Å². The molecule has 0 aliphatic carbocycles. The number of amides is 1. The molecule has 3 rings (SSSR count). The van der Waals surface area contributed by atoms with Gasteiger partial charge >= 0.3 is 0 Å². The maximum atomic E-state index is 12.2. The van der Waals surface area contributed by atoms with Crippen LogP contribution < -0.4 is 16.0 Å². The van der Waals surface area contributed by atoms with Crippen molar-refractivity contribution in [2.45, 2.75) is 19.0 Å². The molecule has 2 heterocycles. The molecule has 1 aromatic carbocycles. The highest BCUT2D eigenvalue weighted by molar-refractivity contribution is 5.85. The van der Waals surface area contributed by atoms with Gasteiger partial charge in [0, 0.05) is 25.8 Å². The monoisotopic (exact) mass is 412 g/mol. The van der Waals surface area contributed by atoms with Crippen molar-refractivity contribution in [1.82, 2.24) is 10.3 Å². The second-order valence-electron chi connectivity index (χ2n) is 6.14. The van der Waals surface area contributed by atoms with Crippen LogP contribution >= 0.6 is 24.8 Å². The number of ether oxygens (including phenoxy) is 1. The van der Waals surface area contributed by atoms with Gasteiger partial charge < -0.3 is 20.7 Å². The van der Waals surface area contributed by atoms with Crippen LogP contribution in [0.3, 0.4) is 0 Å². The lowest BCUT2D eigenvalue weighted by molar-refractivity contribution is -0.122. The maximum absolute atomic E-state index is 12.2. The van der Waals surface area contributed by atoms with Gasteiger partial charge in [-0.25, -0.2) is 4.98 Å². The number of nitrogens with two attached hydrogens (primary N) is 1. The fourth-order valence-corrected chi connectivity index (χ4v) is 2.78. The summed E-state index contributed by atoms with van der Waals surface area (Å²) in [5, 5.41) is 2.88. The van der Waals surface area contributed by atoms with E-state index in [0.29, 0.717) is 13.0 Å². The summed E-state index contributed by atoms with van der Waals surface area (Å²) in [6, 6.07) is 13.2. The minimum atomic E-state index is -0.553. The fourth-order valence-electron chi connectivity index (χ4n) is 2.78. The summed E-state index contributed by atoms with van der Waals surface area (Å²) in [6.45, 7) is 3.62. The first-order chi connectivity index (χ1) is 12.2. The highest BCUT2D eigenvalue weighted by Gasteiger charge is 2.14. The Balaban J connectivity index is 0.00000182. The first-order valence-corrected chi connectivity index (χ1v) is 8.57. The predicted octanol–water partition coefficient (Wildman–Crippen LogP) is 1.95. The van der Waals surface area contributed by atoms with E-state index in [1.54, 1.807) is 6.20 Å². The zero-order valence-electron chi connectivity index (χ0n) is 15.0. The first-order valence-electron chi connectivity index (χ1n) is 8.57. The van der Waals surface area contributed by atoms with Crippen LogP contribution in [-0.4, -0.2) is 43.2 Å². The number of halogens is 2. The Morgan fingerprint density at radius 1 is 1.11 bits per heavy atom. The van der Waals surface area contributed by atoms with E-state index in [9.17, 15) is 4.79 Å². The number of rotatable bonds is 6. The number of pyridine rings is 1. The number of anilines is 1. The Kier molecular flexibility index (Phi) is 10.1. The van der Waals surface area contributed by atoms with Crippen LogP contribution in [0.4, 0.5) is 5.82 Å². The molecule has 1 aliphatic rings. The number of hydrogen-bond donors (Lipinski definition) is 2. The van der Waals surface area contributed by atoms with Crippen LogP contribution in [0.5, 0.6) is 0 Å². The summed E-state index contributed by atoms with van der Waals surface area (Å²) in [5.74, 6) is 0.792. The molecule has 148 valence electrons. The molecule has 8 heteroatoms. The molecule has 0 bridgehead atoms. The van der Waals surface area contributed by atoms with Crippen LogP contribution in [0.25, 0.3) is 0 Å². The van der Waals surface area contributed by atoms with Crippen LogP contribution in [0.2, 0.25) is 0 Å². The maximum Gasteiger partial charge on any atom is 0.237 e. The number of nitrogens with zero attached hydrogens (tertiary/aromatic N) is 2. The normalized spacial score (nSPS) is 14.5. The molecule has 1 saturated heterocycles. The summed E-state index contributed by atoms with van der Waals surface area (Å²) < 4.78 is 5.35. The van der Waals surface area contributed by atoms with Crippen LogP contribution in [-0.2, 0) is 22.5 Å². The highest BCUT2D eigenvalue weighted by Crippen LogP contribution is 2.13. The van der Waals surface area contributed by atoms with E-state index in [-0.39, 0.29) is 30.7 Å². The minimum absolute atomic E-state index is 0. The van der Waals surface area contributed by atoms with Crippen molar-refractivity contribution >= 4 is 36.5 Å². The van der Waals surface area contributed by atoms with Crippen LogP contribution in [0.15, 0.2) is 48.7 Å². The van der Waals surface area contributed by atoms with E-state index in [4.69, 9.17) is 10.5 Å². The minimum Gasteiger partial charge on any atom is -0.378 e. The van der Waals surface area contributed by atoms with Gasteiger partial charge in [-0.15, -0.1) is 24.8 Å². The number of carbonyl (C=O) groups is 1. The second-order valence-corrected chi connectivity index (χ2v) is 6.14. The van der Waals surface area contributed by atoms with Crippen LogP contribution in [0.1, 0.15) is 11.1 Å². The van der Waals surface area contributed by atoms with E-state index >= 15 is 0 Å². The topological polar surface area (TPSA) is 80.5 Å². The highest BCUT2D eigenvalue weighted by atomic mass is 35.5. The van der Waals surface area contributed by atoms with E-state index in [2.05, 4.69) is 15.2 Å². The van der Waals surface area contributed by atoms with E-state index in [0.717, 1.165) is 43.2 Å². The lowest BCUT2D eigenvalue weighted by Gasteiger charge is -2.27. The summed E-state index contributed by atoms with van der Waals surface area (Å²) >= 11 is 0. The summed E-state index contributed by atoms with van der Waals surface area (Å²) in [4.78, 5) is 18.8. The molecule has 0 saturated carbocycles. The number of hydrogen-bond acceptors (Lipinski definition) is 5. The molecule has 0 spiro atoms. The Morgan fingerprint density at radius 3 is 2.44 bits per heavy atom. The smallest absolute Gasteiger partial charge is 0.237 e. The molecule has 0 radical (unpaired) electrons. The lowest BCUT2D eigenvalue weighted by atomic mass is 10.1. The molecule has 3 N–H and O–H groups in total. The average molecular weight is 413 g/mol. The van der Waals surface area contributed by atoms with Gasteiger partial charge in [0.1, 0.15) is 5.82 Å². The molecule has 1 unspecified atom stereocenters. The molecule has 1 amide bonds. The molecule has 1 fully saturated rings. The third-order valence-corrected chi connectivity index (χ3v) is 4.25. The van der Waals surface area contributed by atoms with Gasteiger partial charge in [-0.1, -0.05) is 36.4 Å². The molecule has 2 aromatic rings. The Bertz CT molecular complexity index is 680. The first kappa shape index (κ1) is 23.2. The van der Waals surface area contributed by atoms with E-state index < -0.39 is 6.04 Å². The molecule has 27 heavy (non-hydrogen) atoms. The molecule has 1 aliphatic heterocycles. The zero-order valence-corrected chi connectivity index (χ0v) is 16.7. The number of nitrogens with one attached hydrogen (secondary N) is 1. The largest absolute Gasteiger partial charge is 0.378 e. The van der Waals surface area contributed by atoms with Crippen molar-refractivity contribution in [2.24, 2.45) is 5.73 Å². The SMILES string of the molecule is Cl.Cl.NC(Cc1ccccc1)C(=O)NCc1ccc(N2CCOCC2)nc1. The van der Waals surface area contributed by atoms with Gasteiger partial charge in [0.05, 0.1) is 19.3 Å². The number of carbonyl (C=O) groups excluding carboxylic acids is 1. The Hall–Kier alpha value is -1.86. The van der Waals surface area contributed by atoms with Crippen molar-refractivity contribution in [3.8, 4) is 0 Å². The standard InChI is InChI=1S/C19H24N4O2.2ClH/c20-17(12-15-4-2-1-3-5-15)19(24)22-14-16-6-7-18(21-13-16)23-8-10-25-11-9-23;;/h1-7,13,17H,8-12,14,20H2,(H,22,24);2*1H. The van der Waals surface area contributed by atoms with Crippen molar-refractivity contribution in [3.05, 3.63) is 59.8 Å². The fraction of sp³-hybridized carbons (Fsp3) is 0.368. The van der Waals surface area contributed by atoms with Crippen LogP contribution in [0, 0.1) is 0 Å². The van der Waals surface area contributed by atoms with Crippen molar-refractivity contribution in [3.63, 3.8) is 0 Å². The number of morpholine rings is 1. The van der Waals surface area contributed by atoms with E-state index in [1.807, 2.05) is 42.5 Å². The molecule has 1 aromatic heterocycles. The molecule has 6 nitrogen and oxygen atoms in total.